The lowest BCUT2D eigenvalue weighted by molar-refractivity contribution is 0.249. The average molecular weight is 203 g/mol. The van der Waals surface area contributed by atoms with Gasteiger partial charge in [0.2, 0.25) is 0 Å². The Morgan fingerprint density at radius 3 is 2.93 bits per heavy atom. The zero-order valence-electron chi connectivity index (χ0n) is 9.12. The second-order valence-electron chi connectivity index (χ2n) is 4.92. The number of nitrogens with two attached hydrogens (primary N) is 1. The van der Waals surface area contributed by atoms with Crippen molar-refractivity contribution < 1.29 is 4.74 Å². The Morgan fingerprint density at radius 1 is 1.40 bits per heavy atom. The number of ether oxygens (including phenoxy) is 1. The fourth-order valence-corrected chi connectivity index (χ4v) is 2.67. The molecule has 0 spiro atoms. The first kappa shape index (κ1) is 9.22. The molecule has 0 amide bonds. The van der Waals surface area contributed by atoms with Crippen molar-refractivity contribution in [1.82, 2.24) is 0 Å². The van der Waals surface area contributed by atoms with E-state index in [0.29, 0.717) is 5.92 Å². The highest BCUT2D eigenvalue weighted by Gasteiger charge is 2.48. The first-order valence-corrected chi connectivity index (χ1v) is 5.72. The number of hydrogen-bond donors (Lipinski definition) is 1. The summed E-state index contributed by atoms with van der Waals surface area (Å²) in [6.07, 6.45) is 3.42. The molecule has 2 N–H and O–H groups in total. The van der Waals surface area contributed by atoms with Crippen LogP contribution in [-0.4, -0.2) is 12.1 Å². The van der Waals surface area contributed by atoms with Crippen molar-refractivity contribution in [2.24, 2.45) is 5.73 Å². The normalized spacial score (nSPS) is 26.7. The number of benzene rings is 1. The van der Waals surface area contributed by atoms with E-state index in [-0.39, 0.29) is 5.54 Å². The summed E-state index contributed by atoms with van der Waals surface area (Å²) < 4.78 is 5.75. The molecule has 2 nitrogen and oxygen atoms in total. The van der Waals surface area contributed by atoms with E-state index in [1.807, 2.05) is 0 Å². The first-order chi connectivity index (χ1) is 7.21. The van der Waals surface area contributed by atoms with Crippen LogP contribution in [0.25, 0.3) is 0 Å². The third-order valence-corrected chi connectivity index (χ3v) is 3.79. The maximum Gasteiger partial charge on any atom is 0.125 e. The summed E-state index contributed by atoms with van der Waals surface area (Å²) in [6.45, 7) is 2.93. The predicted molar refractivity (Wildman–Crippen MR) is 60.2 cm³/mol. The van der Waals surface area contributed by atoms with E-state index in [0.717, 1.165) is 18.8 Å². The smallest absolute Gasteiger partial charge is 0.125 e. The zero-order chi connectivity index (χ0) is 10.5. The summed E-state index contributed by atoms with van der Waals surface area (Å²) in [6, 6.07) is 6.40. The van der Waals surface area contributed by atoms with Crippen LogP contribution in [0.3, 0.4) is 0 Å². The lowest BCUT2D eigenvalue weighted by Gasteiger charge is -2.31. The first-order valence-electron chi connectivity index (χ1n) is 5.72. The Labute approximate surface area is 90.4 Å². The summed E-state index contributed by atoms with van der Waals surface area (Å²) in [5.74, 6) is 1.60. The van der Waals surface area contributed by atoms with Crippen molar-refractivity contribution in [1.29, 1.82) is 0 Å². The van der Waals surface area contributed by atoms with Crippen LogP contribution in [0.15, 0.2) is 18.2 Å². The van der Waals surface area contributed by atoms with Crippen molar-refractivity contribution >= 4 is 0 Å². The Kier molecular flexibility index (Phi) is 1.84. The molecule has 1 heterocycles. The van der Waals surface area contributed by atoms with E-state index in [2.05, 4.69) is 25.1 Å². The van der Waals surface area contributed by atoms with Crippen LogP contribution in [0.5, 0.6) is 5.75 Å². The van der Waals surface area contributed by atoms with Gasteiger partial charge in [0.05, 0.1) is 6.61 Å². The number of aryl methyl sites for hydroxylation is 1. The average Bonchev–Trinajstić information content (AvgIpc) is 2.98. The van der Waals surface area contributed by atoms with Crippen LogP contribution in [-0.2, 0) is 0 Å². The molecule has 1 saturated carbocycles. The molecule has 0 saturated heterocycles. The third-order valence-electron chi connectivity index (χ3n) is 3.79. The molecule has 1 atom stereocenters. The third kappa shape index (κ3) is 1.36. The summed E-state index contributed by atoms with van der Waals surface area (Å²) in [5.41, 5.74) is 8.98. The molecular formula is C13H17NO. The van der Waals surface area contributed by atoms with Crippen molar-refractivity contribution in [3.63, 3.8) is 0 Å². The molecule has 0 bridgehead atoms. The lowest BCUT2D eigenvalue weighted by Crippen LogP contribution is -2.34. The second-order valence-corrected chi connectivity index (χ2v) is 4.92. The molecule has 1 aromatic rings. The Hall–Kier alpha value is -1.02. The molecule has 80 valence electrons. The fourth-order valence-electron chi connectivity index (χ4n) is 2.67. The van der Waals surface area contributed by atoms with Gasteiger partial charge in [-0.15, -0.1) is 0 Å². The number of hydrogen-bond acceptors (Lipinski definition) is 2. The highest BCUT2D eigenvalue weighted by molar-refractivity contribution is 5.46. The zero-order valence-corrected chi connectivity index (χ0v) is 9.12. The van der Waals surface area contributed by atoms with Gasteiger partial charge in [-0.1, -0.05) is 18.2 Å². The minimum absolute atomic E-state index is 0.0757. The van der Waals surface area contributed by atoms with E-state index in [1.54, 1.807) is 0 Å². The van der Waals surface area contributed by atoms with Crippen molar-refractivity contribution in [3.8, 4) is 5.75 Å². The van der Waals surface area contributed by atoms with Gasteiger partial charge < -0.3 is 10.5 Å². The van der Waals surface area contributed by atoms with Crippen molar-refractivity contribution in [2.75, 3.05) is 6.61 Å². The quantitative estimate of drug-likeness (QED) is 0.760. The van der Waals surface area contributed by atoms with Gasteiger partial charge in [0.25, 0.3) is 0 Å². The molecule has 1 aliphatic carbocycles. The van der Waals surface area contributed by atoms with Gasteiger partial charge in [0.1, 0.15) is 5.75 Å². The standard InChI is InChI=1S/C13H17NO/c1-9-3-2-4-10-11(13(14)6-7-13)5-8-15-12(9)10/h2-4,11H,5-8,14H2,1H3. The lowest BCUT2D eigenvalue weighted by atomic mass is 9.84. The van der Waals surface area contributed by atoms with Gasteiger partial charge >= 0.3 is 0 Å². The van der Waals surface area contributed by atoms with E-state index >= 15 is 0 Å². The van der Waals surface area contributed by atoms with Crippen LogP contribution in [0, 0.1) is 6.92 Å². The molecule has 1 unspecified atom stereocenters. The van der Waals surface area contributed by atoms with Crippen LogP contribution in [0.1, 0.15) is 36.3 Å². The van der Waals surface area contributed by atoms with E-state index in [9.17, 15) is 0 Å². The molecule has 1 aromatic carbocycles. The molecule has 15 heavy (non-hydrogen) atoms. The predicted octanol–water partition coefficient (Wildman–Crippen LogP) is 2.35. The fraction of sp³-hybridized carbons (Fsp3) is 0.538. The summed E-state index contributed by atoms with van der Waals surface area (Å²) in [5, 5.41) is 0. The number of rotatable bonds is 1. The van der Waals surface area contributed by atoms with E-state index < -0.39 is 0 Å². The largest absolute Gasteiger partial charge is 0.493 e. The summed E-state index contributed by atoms with van der Waals surface area (Å²) in [7, 11) is 0. The molecule has 1 fully saturated rings. The molecule has 3 rings (SSSR count). The molecule has 2 aliphatic rings. The molecule has 0 aromatic heterocycles. The molecule has 1 aliphatic heterocycles. The highest BCUT2D eigenvalue weighted by Crippen LogP contribution is 2.51. The van der Waals surface area contributed by atoms with Gasteiger partial charge in [0, 0.05) is 11.5 Å². The summed E-state index contributed by atoms with van der Waals surface area (Å²) in [4.78, 5) is 0. The summed E-state index contributed by atoms with van der Waals surface area (Å²) >= 11 is 0. The topological polar surface area (TPSA) is 35.2 Å². The van der Waals surface area contributed by atoms with Crippen molar-refractivity contribution in [2.45, 2.75) is 37.6 Å². The van der Waals surface area contributed by atoms with E-state index in [1.165, 1.54) is 24.0 Å². The van der Waals surface area contributed by atoms with E-state index in [4.69, 9.17) is 10.5 Å². The van der Waals surface area contributed by atoms with Crippen LogP contribution in [0.4, 0.5) is 0 Å². The van der Waals surface area contributed by atoms with Gasteiger partial charge in [-0.25, -0.2) is 0 Å². The van der Waals surface area contributed by atoms with Crippen LogP contribution >= 0.6 is 0 Å². The van der Waals surface area contributed by atoms with Gasteiger partial charge in [0.15, 0.2) is 0 Å². The SMILES string of the molecule is Cc1cccc2c1OCCC2C1(N)CC1. The number of fused-ring (bicyclic) bond motifs is 1. The Bertz CT molecular complexity index is 396. The molecule has 2 heteroatoms. The van der Waals surface area contributed by atoms with Crippen LogP contribution < -0.4 is 10.5 Å². The van der Waals surface area contributed by atoms with Crippen molar-refractivity contribution in [3.05, 3.63) is 29.3 Å². The monoisotopic (exact) mass is 203 g/mol. The van der Waals surface area contributed by atoms with Crippen LogP contribution in [0.2, 0.25) is 0 Å². The Morgan fingerprint density at radius 2 is 2.20 bits per heavy atom. The second kappa shape index (κ2) is 2.99. The maximum absolute atomic E-state index is 6.33. The number of para-hydroxylation sites is 1. The molecular weight excluding hydrogens is 186 g/mol. The van der Waals surface area contributed by atoms with Gasteiger partial charge in [-0.3, -0.25) is 0 Å². The highest BCUT2D eigenvalue weighted by atomic mass is 16.5. The maximum atomic E-state index is 6.33. The van der Waals surface area contributed by atoms with Gasteiger partial charge in [-0.05, 0) is 37.3 Å². The minimum atomic E-state index is 0.0757. The van der Waals surface area contributed by atoms with Gasteiger partial charge in [-0.2, -0.15) is 0 Å². The molecule has 0 radical (unpaired) electrons. The Balaban J connectivity index is 2.07. The minimum Gasteiger partial charge on any atom is -0.493 e.